The van der Waals surface area contributed by atoms with Gasteiger partial charge in [-0.15, -0.1) is 0 Å². The van der Waals surface area contributed by atoms with Gasteiger partial charge in [-0.1, -0.05) is 36.4 Å². The van der Waals surface area contributed by atoms with Crippen molar-refractivity contribution in [2.45, 2.75) is 25.8 Å². The summed E-state index contributed by atoms with van der Waals surface area (Å²) >= 11 is 0. The minimum absolute atomic E-state index is 0.224. The number of nitrogens with one attached hydrogen (secondary N) is 2. The molecule has 3 N–H and O–H groups in total. The predicted octanol–water partition coefficient (Wildman–Crippen LogP) is 3.76. The van der Waals surface area contributed by atoms with Crippen molar-refractivity contribution in [2.24, 2.45) is 0 Å². The first-order chi connectivity index (χ1) is 11.3. The van der Waals surface area contributed by atoms with Gasteiger partial charge >= 0.3 is 12.3 Å². The van der Waals surface area contributed by atoms with Crippen LogP contribution < -0.4 is 10.6 Å². The third-order valence-corrected chi connectivity index (χ3v) is 3.37. The summed E-state index contributed by atoms with van der Waals surface area (Å²) in [6, 6.07) is 12.4. The molecule has 0 bridgehead atoms. The molecule has 0 aliphatic carbocycles. The molecule has 0 unspecified atom stereocenters. The lowest BCUT2D eigenvalue weighted by Gasteiger charge is -2.09. The van der Waals surface area contributed by atoms with Gasteiger partial charge in [-0.2, -0.15) is 13.2 Å². The van der Waals surface area contributed by atoms with E-state index in [0.717, 1.165) is 28.8 Å². The molecule has 0 fully saturated rings. The number of amides is 1. The number of carboxylic acid groups (broad SMARTS) is 1. The van der Waals surface area contributed by atoms with E-state index in [1.54, 1.807) is 0 Å². The monoisotopic (exact) mass is 338 g/mol. The van der Waals surface area contributed by atoms with Gasteiger partial charge in [0, 0.05) is 19.6 Å². The summed E-state index contributed by atoms with van der Waals surface area (Å²) in [5.74, 6) is 0. The van der Waals surface area contributed by atoms with Crippen molar-refractivity contribution >= 4 is 6.09 Å². The summed E-state index contributed by atoms with van der Waals surface area (Å²) < 4.78 is 37.5. The molecule has 2 aromatic carbocycles. The van der Waals surface area contributed by atoms with E-state index in [-0.39, 0.29) is 6.54 Å². The SMILES string of the molecule is O=C(O)NCc1cccc(CNCc2ccc(C(F)(F)F)cc2)c1. The molecule has 7 heteroatoms. The van der Waals surface area contributed by atoms with Crippen LogP contribution in [-0.2, 0) is 25.8 Å². The maximum absolute atomic E-state index is 12.5. The zero-order chi connectivity index (χ0) is 17.6. The second kappa shape index (κ2) is 7.83. The van der Waals surface area contributed by atoms with Gasteiger partial charge in [0.25, 0.3) is 0 Å². The Bertz CT molecular complexity index is 685. The first kappa shape index (κ1) is 17.8. The highest BCUT2D eigenvalue weighted by molar-refractivity contribution is 5.64. The number of hydrogen-bond donors (Lipinski definition) is 3. The minimum atomic E-state index is -4.32. The molecule has 2 aromatic rings. The highest BCUT2D eigenvalue weighted by Crippen LogP contribution is 2.29. The van der Waals surface area contributed by atoms with Crippen LogP contribution >= 0.6 is 0 Å². The van der Waals surface area contributed by atoms with E-state index in [9.17, 15) is 18.0 Å². The van der Waals surface area contributed by atoms with Crippen LogP contribution in [0.1, 0.15) is 22.3 Å². The normalized spacial score (nSPS) is 11.3. The number of rotatable bonds is 6. The number of benzene rings is 2. The third kappa shape index (κ3) is 5.58. The summed E-state index contributed by atoms with van der Waals surface area (Å²) in [6.07, 6.45) is -5.41. The Morgan fingerprint density at radius 1 is 0.917 bits per heavy atom. The van der Waals surface area contributed by atoms with Crippen LogP contribution in [0, 0.1) is 0 Å². The van der Waals surface area contributed by atoms with E-state index < -0.39 is 17.8 Å². The first-order valence-electron chi connectivity index (χ1n) is 7.26. The molecule has 0 heterocycles. The van der Waals surface area contributed by atoms with Crippen LogP contribution in [0.5, 0.6) is 0 Å². The number of alkyl halides is 3. The largest absolute Gasteiger partial charge is 0.465 e. The topological polar surface area (TPSA) is 61.4 Å². The maximum Gasteiger partial charge on any atom is 0.416 e. The molecule has 0 saturated heterocycles. The van der Waals surface area contributed by atoms with Crippen molar-refractivity contribution in [2.75, 3.05) is 0 Å². The summed E-state index contributed by atoms with van der Waals surface area (Å²) in [5, 5.41) is 14.0. The summed E-state index contributed by atoms with van der Waals surface area (Å²) in [7, 11) is 0. The number of hydrogen-bond acceptors (Lipinski definition) is 2. The highest BCUT2D eigenvalue weighted by Gasteiger charge is 2.29. The second-order valence-corrected chi connectivity index (χ2v) is 5.28. The van der Waals surface area contributed by atoms with Crippen LogP contribution in [0.4, 0.5) is 18.0 Å². The van der Waals surface area contributed by atoms with Crippen LogP contribution in [0.2, 0.25) is 0 Å². The molecule has 0 atom stereocenters. The van der Waals surface area contributed by atoms with E-state index >= 15 is 0 Å². The minimum Gasteiger partial charge on any atom is -0.465 e. The lowest BCUT2D eigenvalue weighted by molar-refractivity contribution is -0.137. The van der Waals surface area contributed by atoms with Gasteiger partial charge < -0.3 is 15.7 Å². The van der Waals surface area contributed by atoms with Gasteiger partial charge in [0.1, 0.15) is 0 Å². The average Bonchev–Trinajstić information content (AvgIpc) is 2.53. The molecule has 4 nitrogen and oxygen atoms in total. The van der Waals surface area contributed by atoms with Gasteiger partial charge in [0.05, 0.1) is 5.56 Å². The molecule has 0 aromatic heterocycles. The van der Waals surface area contributed by atoms with E-state index in [4.69, 9.17) is 5.11 Å². The average molecular weight is 338 g/mol. The van der Waals surface area contributed by atoms with Gasteiger partial charge in [-0.05, 0) is 28.8 Å². The molecule has 128 valence electrons. The first-order valence-corrected chi connectivity index (χ1v) is 7.26. The highest BCUT2D eigenvalue weighted by atomic mass is 19.4. The van der Waals surface area contributed by atoms with Crippen molar-refractivity contribution in [3.8, 4) is 0 Å². The number of halogens is 3. The molecule has 0 radical (unpaired) electrons. The van der Waals surface area contributed by atoms with E-state index in [0.29, 0.717) is 13.1 Å². The van der Waals surface area contributed by atoms with Crippen molar-refractivity contribution in [1.82, 2.24) is 10.6 Å². The van der Waals surface area contributed by atoms with Gasteiger partial charge in [0.2, 0.25) is 0 Å². The lowest BCUT2D eigenvalue weighted by Crippen LogP contribution is -2.20. The Balaban J connectivity index is 1.85. The smallest absolute Gasteiger partial charge is 0.416 e. The van der Waals surface area contributed by atoms with Crippen LogP contribution in [0.15, 0.2) is 48.5 Å². The molecule has 0 aliphatic heterocycles. The van der Waals surface area contributed by atoms with Gasteiger partial charge in [-0.3, -0.25) is 0 Å². The molecule has 24 heavy (non-hydrogen) atoms. The van der Waals surface area contributed by atoms with E-state index in [2.05, 4.69) is 10.6 Å². The Morgan fingerprint density at radius 3 is 2.08 bits per heavy atom. The summed E-state index contributed by atoms with van der Waals surface area (Å²) in [4.78, 5) is 10.5. The standard InChI is InChI=1S/C17H17F3N2O2/c18-17(19,20)15-6-4-12(5-7-15)9-21-10-13-2-1-3-14(8-13)11-22-16(23)24/h1-8,21-22H,9-11H2,(H,23,24). The molecular weight excluding hydrogens is 321 g/mol. The quantitative estimate of drug-likeness (QED) is 0.751. The van der Waals surface area contributed by atoms with Gasteiger partial charge in [-0.25, -0.2) is 4.79 Å². The fourth-order valence-corrected chi connectivity index (χ4v) is 2.19. The molecular formula is C17H17F3N2O2. The van der Waals surface area contributed by atoms with Crippen molar-refractivity contribution < 1.29 is 23.1 Å². The van der Waals surface area contributed by atoms with Crippen molar-refractivity contribution in [3.05, 3.63) is 70.8 Å². The van der Waals surface area contributed by atoms with Crippen LogP contribution in [0.25, 0.3) is 0 Å². The fraction of sp³-hybridized carbons (Fsp3) is 0.235. The summed E-state index contributed by atoms with van der Waals surface area (Å²) in [6.45, 7) is 1.19. The predicted molar refractivity (Wildman–Crippen MR) is 83.3 cm³/mol. The van der Waals surface area contributed by atoms with Crippen LogP contribution in [-0.4, -0.2) is 11.2 Å². The van der Waals surface area contributed by atoms with E-state index in [1.165, 1.54) is 12.1 Å². The third-order valence-electron chi connectivity index (χ3n) is 3.37. The van der Waals surface area contributed by atoms with Crippen molar-refractivity contribution in [3.63, 3.8) is 0 Å². The zero-order valence-corrected chi connectivity index (χ0v) is 12.7. The zero-order valence-electron chi connectivity index (χ0n) is 12.7. The molecule has 0 aliphatic rings. The Kier molecular flexibility index (Phi) is 5.81. The van der Waals surface area contributed by atoms with Crippen molar-refractivity contribution in [1.29, 1.82) is 0 Å². The Morgan fingerprint density at radius 2 is 1.50 bits per heavy atom. The lowest BCUT2D eigenvalue weighted by atomic mass is 10.1. The van der Waals surface area contributed by atoms with Crippen LogP contribution in [0.3, 0.4) is 0 Å². The molecule has 0 spiro atoms. The molecule has 2 rings (SSSR count). The number of carbonyl (C=O) groups is 1. The fourth-order valence-electron chi connectivity index (χ4n) is 2.19. The second-order valence-electron chi connectivity index (χ2n) is 5.28. The Hall–Kier alpha value is -2.54. The molecule has 1 amide bonds. The Labute approximate surface area is 137 Å². The van der Waals surface area contributed by atoms with Gasteiger partial charge in [0.15, 0.2) is 0 Å². The maximum atomic E-state index is 12.5. The molecule has 0 saturated carbocycles. The van der Waals surface area contributed by atoms with E-state index in [1.807, 2.05) is 24.3 Å². The summed E-state index contributed by atoms with van der Waals surface area (Å²) in [5.41, 5.74) is 1.90.